The molecule has 0 N–H and O–H groups in total. The molecule has 0 aliphatic rings. The van der Waals surface area contributed by atoms with Crippen LogP contribution in [0.4, 0.5) is 0 Å². The molecule has 0 aromatic heterocycles. The highest BCUT2D eigenvalue weighted by molar-refractivity contribution is 9.08. The largest absolute Gasteiger partial charge is 0.490 e. The second-order valence-corrected chi connectivity index (χ2v) is 3.64. The molecule has 0 radical (unpaired) electrons. The monoisotopic (exact) mass is 242 g/mol. The van der Waals surface area contributed by atoms with Crippen molar-refractivity contribution in [2.45, 2.75) is 31.7 Å². The predicted molar refractivity (Wildman–Crippen MR) is 59.5 cm³/mol. The summed E-state index contributed by atoms with van der Waals surface area (Å²) in [6, 6.07) is 8.12. The summed E-state index contributed by atoms with van der Waals surface area (Å²) < 4.78 is 5.76. The van der Waals surface area contributed by atoms with Crippen LogP contribution < -0.4 is 4.74 Å². The molecular weight excluding hydrogens is 228 g/mol. The third-order valence-corrected chi connectivity index (χ3v) is 2.62. The van der Waals surface area contributed by atoms with E-state index in [1.54, 1.807) is 0 Å². The van der Waals surface area contributed by atoms with Gasteiger partial charge in [-0.1, -0.05) is 41.1 Å². The van der Waals surface area contributed by atoms with Gasteiger partial charge in [0.05, 0.1) is 6.10 Å². The molecule has 2 heteroatoms. The summed E-state index contributed by atoms with van der Waals surface area (Å²) in [7, 11) is 0. The van der Waals surface area contributed by atoms with Crippen LogP contribution in [0.5, 0.6) is 5.75 Å². The lowest BCUT2D eigenvalue weighted by molar-refractivity contribution is 0.216. The highest BCUT2D eigenvalue weighted by atomic mass is 79.9. The van der Waals surface area contributed by atoms with E-state index in [1.807, 2.05) is 18.2 Å². The molecule has 0 aliphatic heterocycles. The van der Waals surface area contributed by atoms with Crippen molar-refractivity contribution in [1.29, 1.82) is 0 Å². The molecule has 0 saturated heterocycles. The number of rotatable bonds is 4. The van der Waals surface area contributed by atoms with E-state index >= 15 is 0 Å². The molecule has 0 fully saturated rings. The van der Waals surface area contributed by atoms with Gasteiger partial charge in [0.15, 0.2) is 0 Å². The third-order valence-electron chi connectivity index (χ3n) is 2.02. The lowest BCUT2D eigenvalue weighted by atomic mass is 10.2. The van der Waals surface area contributed by atoms with Gasteiger partial charge in [0, 0.05) is 10.9 Å². The van der Waals surface area contributed by atoms with Gasteiger partial charge in [0.25, 0.3) is 0 Å². The van der Waals surface area contributed by atoms with Gasteiger partial charge in [-0.3, -0.25) is 0 Å². The minimum absolute atomic E-state index is 0.292. The number of ether oxygens (including phenoxy) is 1. The first-order chi connectivity index (χ1) is 6.27. The van der Waals surface area contributed by atoms with E-state index in [4.69, 9.17) is 4.74 Å². The molecule has 0 unspecified atom stereocenters. The molecule has 0 spiro atoms. The Balaban J connectivity index is 2.74. The number of benzene rings is 1. The van der Waals surface area contributed by atoms with Gasteiger partial charge in [0.1, 0.15) is 5.75 Å². The lowest BCUT2D eigenvalue weighted by Crippen LogP contribution is -2.10. The fraction of sp³-hybridized carbons (Fsp3) is 0.455. The zero-order chi connectivity index (χ0) is 9.68. The summed E-state index contributed by atoms with van der Waals surface area (Å²) in [4.78, 5) is 0. The Morgan fingerprint density at radius 2 is 2.08 bits per heavy atom. The molecule has 1 aromatic rings. The molecule has 0 aliphatic carbocycles. The fourth-order valence-electron chi connectivity index (χ4n) is 1.03. The summed E-state index contributed by atoms with van der Waals surface area (Å²) in [6.45, 7) is 4.21. The van der Waals surface area contributed by atoms with Crippen molar-refractivity contribution in [2.75, 3.05) is 0 Å². The number of hydrogen-bond acceptors (Lipinski definition) is 1. The summed E-state index contributed by atoms with van der Waals surface area (Å²) in [5, 5.41) is 0.847. The van der Waals surface area contributed by atoms with Gasteiger partial charge in [0.2, 0.25) is 0 Å². The Labute approximate surface area is 88.2 Å². The Morgan fingerprint density at radius 1 is 1.38 bits per heavy atom. The van der Waals surface area contributed by atoms with Crippen molar-refractivity contribution in [3.8, 4) is 5.75 Å². The molecule has 0 bridgehead atoms. The zero-order valence-electron chi connectivity index (χ0n) is 8.09. The summed E-state index contributed by atoms with van der Waals surface area (Å²) in [6.07, 6.45) is 1.33. The Bertz CT molecular complexity index is 260. The van der Waals surface area contributed by atoms with E-state index in [9.17, 15) is 0 Å². The highest BCUT2D eigenvalue weighted by Gasteiger charge is 2.04. The van der Waals surface area contributed by atoms with Crippen LogP contribution in [0.1, 0.15) is 25.8 Å². The second kappa shape index (κ2) is 5.28. The van der Waals surface area contributed by atoms with E-state index in [2.05, 4.69) is 35.8 Å². The quantitative estimate of drug-likeness (QED) is 0.731. The van der Waals surface area contributed by atoms with Crippen LogP contribution in [-0.2, 0) is 5.33 Å². The highest BCUT2D eigenvalue weighted by Crippen LogP contribution is 2.21. The van der Waals surface area contributed by atoms with Gasteiger partial charge in [-0.15, -0.1) is 0 Å². The minimum Gasteiger partial charge on any atom is -0.490 e. The van der Waals surface area contributed by atoms with Crippen LogP contribution in [0.15, 0.2) is 24.3 Å². The van der Waals surface area contributed by atoms with Gasteiger partial charge >= 0.3 is 0 Å². The van der Waals surface area contributed by atoms with E-state index in [1.165, 1.54) is 5.56 Å². The molecule has 1 atom stereocenters. The first-order valence-corrected chi connectivity index (χ1v) is 5.70. The number of alkyl halides is 1. The molecule has 13 heavy (non-hydrogen) atoms. The Hall–Kier alpha value is -0.500. The third kappa shape index (κ3) is 3.03. The first kappa shape index (κ1) is 10.6. The molecule has 0 amide bonds. The number of halogens is 1. The summed E-state index contributed by atoms with van der Waals surface area (Å²) >= 11 is 3.44. The van der Waals surface area contributed by atoms with Crippen LogP contribution in [0, 0.1) is 0 Å². The lowest BCUT2D eigenvalue weighted by Gasteiger charge is -2.14. The molecule has 1 rings (SSSR count). The average molecular weight is 243 g/mol. The smallest absolute Gasteiger partial charge is 0.123 e. The van der Waals surface area contributed by atoms with E-state index in [-0.39, 0.29) is 0 Å². The first-order valence-electron chi connectivity index (χ1n) is 4.58. The number of hydrogen-bond donors (Lipinski definition) is 0. The maximum atomic E-state index is 5.76. The molecule has 72 valence electrons. The molecule has 1 nitrogen and oxygen atoms in total. The van der Waals surface area contributed by atoms with E-state index in [0.717, 1.165) is 17.5 Å². The van der Waals surface area contributed by atoms with Crippen molar-refractivity contribution in [3.63, 3.8) is 0 Å². The minimum atomic E-state index is 0.292. The Kier molecular flexibility index (Phi) is 4.29. The molecule has 1 aromatic carbocycles. The van der Waals surface area contributed by atoms with Crippen LogP contribution in [-0.4, -0.2) is 6.10 Å². The molecular formula is C11H15BrO. The SMILES string of the molecule is CC[C@@H](C)Oc1ccccc1CBr. The number of para-hydroxylation sites is 1. The maximum Gasteiger partial charge on any atom is 0.123 e. The predicted octanol–water partition coefficient (Wildman–Crippen LogP) is 3.76. The summed E-state index contributed by atoms with van der Waals surface area (Å²) in [5.41, 5.74) is 1.21. The average Bonchev–Trinajstić information content (AvgIpc) is 2.18. The molecule has 0 heterocycles. The van der Waals surface area contributed by atoms with Crippen molar-refractivity contribution in [2.24, 2.45) is 0 Å². The van der Waals surface area contributed by atoms with Gasteiger partial charge < -0.3 is 4.74 Å². The second-order valence-electron chi connectivity index (χ2n) is 3.08. The fourth-order valence-corrected chi connectivity index (χ4v) is 1.49. The van der Waals surface area contributed by atoms with Crippen LogP contribution in [0.25, 0.3) is 0 Å². The van der Waals surface area contributed by atoms with Crippen LogP contribution in [0.2, 0.25) is 0 Å². The van der Waals surface area contributed by atoms with Crippen molar-refractivity contribution < 1.29 is 4.74 Å². The van der Waals surface area contributed by atoms with Crippen molar-refractivity contribution in [3.05, 3.63) is 29.8 Å². The van der Waals surface area contributed by atoms with Crippen LogP contribution in [0.3, 0.4) is 0 Å². The van der Waals surface area contributed by atoms with Crippen molar-refractivity contribution in [1.82, 2.24) is 0 Å². The Morgan fingerprint density at radius 3 is 2.69 bits per heavy atom. The normalized spacial score (nSPS) is 12.5. The maximum absolute atomic E-state index is 5.76. The van der Waals surface area contributed by atoms with Crippen LogP contribution >= 0.6 is 15.9 Å². The summed E-state index contributed by atoms with van der Waals surface area (Å²) in [5.74, 6) is 0.994. The molecule has 0 saturated carbocycles. The topological polar surface area (TPSA) is 9.23 Å². The van der Waals surface area contributed by atoms with E-state index < -0.39 is 0 Å². The standard InChI is InChI=1S/C11H15BrO/c1-3-9(2)13-11-7-5-4-6-10(11)8-12/h4-7,9H,3,8H2,1-2H3/t9-/m1/s1. The van der Waals surface area contributed by atoms with E-state index in [0.29, 0.717) is 6.10 Å². The van der Waals surface area contributed by atoms with Gasteiger partial charge in [-0.2, -0.15) is 0 Å². The van der Waals surface area contributed by atoms with Crippen molar-refractivity contribution >= 4 is 15.9 Å². The zero-order valence-corrected chi connectivity index (χ0v) is 9.67. The van der Waals surface area contributed by atoms with Gasteiger partial charge in [-0.25, -0.2) is 0 Å². The van der Waals surface area contributed by atoms with Gasteiger partial charge in [-0.05, 0) is 19.4 Å².